The molecule has 1 aliphatic heterocycles. The first-order valence-corrected chi connectivity index (χ1v) is 5.32. The number of halogens is 1. The molecule has 3 heteroatoms. The number of rotatable bonds is 2. The predicted molar refractivity (Wildman–Crippen MR) is 58.0 cm³/mol. The van der Waals surface area contributed by atoms with E-state index in [9.17, 15) is 4.39 Å². The van der Waals surface area contributed by atoms with Gasteiger partial charge in [0, 0.05) is 19.5 Å². The lowest BCUT2D eigenvalue weighted by molar-refractivity contribution is 0.120. The molecule has 0 radical (unpaired) electrons. The van der Waals surface area contributed by atoms with E-state index >= 15 is 0 Å². The molecule has 0 N–H and O–H groups in total. The lowest BCUT2D eigenvalue weighted by atomic mass is 10.3. The summed E-state index contributed by atoms with van der Waals surface area (Å²) < 4.78 is 18.7. The molecule has 82 valence electrons. The molecule has 2 rings (SSSR count). The Kier molecular flexibility index (Phi) is 3.21. The van der Waals surface area contributed by atoms with Crippen molar-refractivity contribution in [3.05, 3.63) is 35.9 Å². The molecule has 1 atom stereocenters. The zero-order valence-electron chi connectivity index (χ0n) is 8.95. The molecular weight excluding hydrogens is 193 g/mol. The van der Waals surface area contributed by atoms with Crippen molar-refractivity contribution in [2.75, 3.05) is 20.1 Å². The molecule has 1 unspecified atom stereocenters. The van der Waals surface area contributed by atoms with Crippen LogP contribution in [0.4, 0.5) is 4.39 Å². The summed E-state index contributed by atoms with van der Waals surface area (Å²) in [6.45, 7) is 2.05. The van der Waals surface area contributed by atoms with Crippen molar-refractivity contribution in [2.24, 2.45) is 0 Å². The Balaban J connectivity index is 1.90. The number of hydrogen-bond donors (Lipinski definition) is 0. The smallest absolute Gasteiger partial charge is 0.119 e. The van der Waals surface area contributed by atoms with E-state index in [1.54, 1.807) is 12.2 Å². The van der Waals surface area contributed by atoms with Crippen molar-refractivity contribution in [3.63, 3.8) is 0 Å². The lowest BCUT2D eigenvalue weighted by Crippen LogP contribution is -2.18. The van der Waals surface area contributed by atoms with Gasteiger partial charge in [0.15, 0.2) is 0 Å². The quantitative estimate of drug-likeness (QED) is 0.692. The van der Waals surface area contributed by atoms with Crippen molar-refractivity contribution in [1.82, 2.24) is 4.90 Å². The van der Waals surface area contributed by atoms with Crippen molar-refractivity contribution >= 4 is 0 Å². The SMILES string of the molecule is CN1CCC(OC2=CC=CC(F)=CC2)C1. The van der Waals surface area contributed by atoms with Crippen LogP contribution in [0.5, 0.6) is 0 Å². The first-order chi connectivity index (χ1) is 7.24. The van der Waals surface area contributed by atoms with Crippen LogP contribution in [0.3, 0.4) is 0 Å². The minimum atomic E-state index is -0.187. The largest absolute Gasteiger partial charge is 0.493 e. The topological polar surface area (TPSA) is 12.5 Å². The van der Waals surface area contributed by atoms with Crippen LogP contribution in [0.2, 0.25) is 0 Å². The molecule has 1 heterocycles. The van der Waals surface area contributed by atoms with E-state index in [1.807, 2.05) is 6.08 Å². The third-order valence-corrected chi connectivity index (χ3v) is 2.70. The lowest BCUT2D eigenvalue weighted by Gasteiger charge is -2.15. The second-order valence-electron chi connectivity index (χ2n) is 4.08. The van der Waals surface area contributed by atoms with Gasteiger partial charge in [0.25, 0.3) is 0 Å². The normalized spacial score (nSPS) is 27.2. The van der Waals surface area contributed by atoms with Crippen molar-refractivity contribution in [3.8, 4) is 0 Å². The summed E-state index contributed by atoms with van der Waals surface area (Å²) in [6, 6.07) is 0. The van der Waals surface area contributed by atoms with Gasteiger partial charge in [0.1, 0.15) is 17.7 Å². The Morgan fingerprint density at radius 1 is 1.53 bits per heavy atom. The first-order valence-electron chi connectivity index (χ1n) is 5.32. The average molecular weight is 209 g/mol. The van der Waals surface area contributed by atoms with Crippen LogP contribution < -0.4 is 0 Å². The second kappa shape index (κ2) is 4.62. The van der Waals surface area contributed by atoms with E-state index in [2.05, 4.69) is 11.9 Å². The van der Waals surface area contributed by atoms with Crippen molar-refractivity contribution < 1.29 is 9.13 Å². The highest BCUT2D eigenvalue weighted by Crippen LogP contribution is 2.19. The van der Waals surface area contributed by atoms with Crippen LogP contribution in [0.25, 0.3) is 0 Å². The summed E-state index contributed by atoms with van der Waals surface area (Å²) >= 11 is 0. The zero-order valence-corrected chi connectivity index (χ0v) is 8.95. The standard InChI is InChI=1S/C12H16FNO/c1-14-8-7-12(9-14)15-11-4-2-3-10(13)5-6-11/h2-5,12H,6-9H2,1H3. The molecule has 0 spiro atoms. The van der Waals surface area contributed by atoms with Crippen LogP contribution in [0, 0.1) is 0 Å². The molecule has 0 saturated carbocycles. The summed E-state index contributed by atoms with van der Waals surface area (Å²) in [5.41, 5.74) is 0. The molecule has 0 aromatic rings. The Morgan fingerprint density at radius 3 is 3.13 bits per heavy atom. The maximum Gasteiger partial charge on any atom is 0.119 e. The van der Waals surface area contributed by atoms with E-state index in [1.165, 1.54) is 6.08 Å². The minimum absolute atomic E-state index is 0.187. The Hall–Kier alpha value is -1.09. The number of allylic oxidation sites excluding steroid dienone is 5. The monoisotopic (exact) mass is 209 g/mol. The zero-order chi connectivity index (χ0) is 10.7. The van der Waals surface area contributed by atoms with E-state index in [4.69, 9.17) is 4.74 Å². The van der Waals surface area contributed by atoms with Crippen LogP contribution in [-0.4, -0.2) is 31.1 Å². The molecule has 15 heavy (non-hydrogen) atoms. The van der Waals surface area contributed by atoms with Crippen LogP contribution in [-0.2, 0) is 4.74 Å². The van der Waals surface area contributed by atoms with Gasteiger partial charge in [0.05, 0.1) is 0 Å². The maximum absolute atomic E-state index is 12.9. The fourth-order valence-electron chi connectivity index (χ4n) is 1.87. The summed E-state index contributed by atoms with van der Waals surface area (Å²) in [4.78, 5) is 2.24. The van der Waals surface area contributed by atoms with E-state index in [0.717, 1.165) is 25.3 Å². The Morgan fingerprint density at radius 2 is 2.40 bits per heavy atom. The third-order valence-electron chi connectivity index (χ3n) is 2.70. The third kappa shape index (κ3) is 2.93. The second-order valence-corrected chi connectivity index (χ2v) is 4.08. The van der Waals surface area contributed by atoms with Gasteiger partial charge in [-0.1, -0.05) is 6.08 Å². The van der Waals surface area contributed by atoms with Gasteiger partial charge in [0.2, 0.25) is 0 Å². The molecule has 0 aromatic carbocycles. The van der Waals surface area contributed by atoms with Crippen molar-refractivity contribution in [2.45, 2.75) is 18.9 Å². The van der Waals surface area contributed by atoms with Gasteiger partial charge < -0.3 is 9.64 Å². The van der Waals surface area contributed by atoms with Gasteiger partial charge in [-0.25, -0.2) is 4.39 Å². The van der Waals surface area contributed by atoms with Crippen LogP contribution >= 0.6 is 0 Å². The highest BCUT2D eigenvalue weighted by Gasteiger charge is 2.21. The van der Waals surface area contributed by atoms with Gasteiger partial charge in [-0.15, -0.1) is 0 Å². The molecule has 0 aromatic heterocycles. The summed E-state index contributed by atoms with van der Waals surface area (Å²) in [5.74, 6) is 0.674. The summed E-state index contributed by atoms with van der Waals surface area (Å²) in [6.07, 6.45) is 8.44. The van der Waals surface area contributed by atoms with Gasteiger partial charge >= 0.3 is 0 Å². The number of likely N-dealkylation sites (tertiary alicyclic amines) is 1. The highest BCUT2D eigenvalue weighted by atomic mass is 19.1. The molecule has 0 amide bonds. The Bertz CT molecular complexity index is 317. The molecule has 1 fully saturated rings. The van der Waals surface area contributed by atoms with Gasteiger partial charge in [-0.2, -0.15) is 0 Å². The molecule has 2 aliphatic rings. The summed E-state index contributed by atoms with van der Waals surface area (Å²) in [5, 5.41) is 0. The van der Waals surface area contributed by atoms with E-state index in [0.29, 0.717) is 6.42 Å². The van der Waals surface area contributed by atoms with Crippen LogP contribution in [0.15, 0.2) is 35.9 Å². The minimum Gasteiger partial charge on any atom is -0.493 e. The van der Waals surface area contributed by atoms with Gasteiger partial charge in [-0.3, -0.25) is 0 Å². The maximum atomic E-state index is 12.9. The number of hydrogen-bond acceptors (Lipinski definition) is 2. The van der Waals surface area contributed by atoms with E-state index < -0.39 is 0 Å². The molecule has 1 saturated heterocycles. The molecule has 0 bridgehead atoms. The average Bonchev–Trinajstić information content (AvgIpc) is 2.48. The fraction of sp³-hybridized carbons (Fsp3) is 0.500. The first kappa shape index (κ1) is 10.4. The molecular formula is C12H16FNO. The number of likely N-dealkylation sites (N-methyl/N-ethyl adjacent to an activating group) is 1. The Labute approximate surface area is 89.7 Å². The number of ether oxygens (including phenoxy) is 1. The highest BCUT2D eigenvalue weighted by molar-refractivity contribution is 5.24. The van der Waals surface area contributed by atoms with Gasteiger partial charge in [-0.05, 0) is 31.7 Å². The number of nitrogens with zero attached hydrogens (tertiary/aromatic N) is 1. The molecule has 1 aliphatic carbocycles. The predicted octanol–water partition coefficient (Wildman–Crippen LogP) is 2.40. The molecule has 2 nitrogen and oxygen atoms in total. The van der Waals surface area contributed by atoms with Crippen molar-refractivity contribution in [1.29, 1.82) is 0 Å². The van der Waals surface area contributed by atoms with E-state index in [-0.39, 0.29) is 11.9 Å². The summed E-state index contributed by atoms with van der Waals surface area (Å²) in [7, 11) is 2.09. The fourth-order valence-corrected chi connectivity index (χ4v) is 1.87. The van der Waals surface area contributed by atoms with Crippen LogP contribution in [0.1, 0.15) is 12.8 Å².